The Morgan fingerprint density at radius 2 is 1.94 bits per heavy atom. The third-order valence-electron chi connectivity index (χ3n) is 4.12. The number of hydrogen-bond donors (Lipinski definition) is 0. The van der Waals surface area contributed by atoms with Gasteiger partial charge in [-0.25, -0.2) is 0 Å². The van der Waals surface area contributed by atoms with E-state index in [0.29, 0.717) is 18.1 Å². The molecular formula is C16H24O2. The van der Waals surface area contributed by atoms with Crippen molar-refractivity contribution >= 4 is 0 Å². The fourth-order valence-electron chi connectivity index (χ4n) is 2.10. The van der Waals surface area contributed by atoms with Crippen LogP contribution >= 0.6 is 0 Å². The third kappa shape index (κ3) is 3.49. The number of benzene rings is 1. The molecule has 0 aromatic heterocycles. The summed E-state index contributed by atoms with van der Waals surface area (Å²) in [6.45, 7) is 8.43. The van der Waals surface area contributed by atoms with Gasteiger partial charge in [-0.2, -0.15) is 0 Å². The third-order valence-corrected chi connectivity index (χ3v) is 4.12. The molecule has 1 aliphatic heterocycles. The van der Waals surface area contributed by atoms with Crippen molar-refractivity contribution in [1.82, 2.24) is 0 Å². The smallest absolute Gasteiger partial charge is 0.122 e. The molecule has 2 rings (SSSR count). The Balaban J connectivity index is 2.05. The minimum Gasteiger partial charge on any atom is -0.491 e. The fraction of sp³-hybridized carbons (Fsp3) is 0.625. The fourth-order valence-corrected chi connectivity index (χ4v) is 2.10. The van der Waals surface area contributed by atoms with Crippen molar-refractivity contribution < 1.29 is 9.47 Å². The molecule has 0 N–H and O–H groups in total. The second-order valence-corrected chi connectivity index (χ2v) is 5.57. The van der Waals surface area contributed by atoms with Crippen LogP contribution in [-0.2, 0) is 11.2 Å². The minimum absolute atomic E-state index is 0.321. The van der Waals surface area contributed by atoms with Gasteiger partial charge in [0.2, 0.25) is 0 Å². The maximum atomic E-state index is 5.87. The van der Waals surface area contributed by atoms with Crippen molar-refractivity contribution in [2.24, 2.45) is 5.41 Å². The average molecular weight is 248 g/mol. The summed E-state index contributed by atoms with van der Waals surface area (Å²) in [5, 5.41) is 0. The van der Waals surface area contributed by atoms with Crippen molar-refractivity contribution in [1.29, 1.82) is 0 Å². The van der Waals surface area contributed by atoms with Gasteiger partial charge in [0, 0.05) is 0 Å². The van der Waals surface area contributed by atoms with Gasteiger partial charge in [0.25, 0.3) is 0 Å². The molecule has 1 saturated heterocycles. The molecule has 1 aromatic rings. The molecule has 2 heteroatoms. The van der Waals surface area contributed by atoms with Crippen LogP contribution in [-0.4, -0.2) is 19.3 Å². The van der Waals surface area contributed by atoms with Crippen LogP contribution in [0.5, 0.6) is 5.75 Å². The van der Waals surface area contributed by atoms with E-state index in [1.54, 1.807) is 0 Å². The Labute approximate surface area is 110 Å². The van der Waals surface area contributed by atoms with Crippen molar-refractivity contribution in [3.8, 4) is 5.75 Å². The average Bonchev–Trinajstić information content (AvgIpc) is 3.22. The van der Waals surface area contributed by atoms with Crippen LogP contribution in [0.4, 0.5) is 0 Å². The van der Waals surface area contributed by atoms with Crippen LogP contribution in [0.25, 0.3) is 0 Å². The lowest BCUT2D eigenvalue weighted by Gasteiger charge is -2.27. The van der Waals surface area contributed by atoms with Gasteiger partial charge in [-0.05, 0) is 23.5 Å². The monoisotopic (exact) mass is 248 g/mol. The van der Waals surface area contributed by atoms with Crippen molar-refractivity contribution in [3.05, 3.63) is 29.8 Å². The molecule has 1 unspecified atom stereocenters. The van der Waals surface area contributed by atoms with Gasteiger partial charge in [0.05, 0.1) is 6.61 Å². The summed E-state index contributed by atoms with van der Waals surface area (Å²) in [5.41, 5.74) is 1.69. The zero-order chi connectivity index (χ0) is 13.0. The number of para-hydroxylation sites is 1. The molecule has 2 nitrogen and oxygen atoms in total. The molecule has 0 aliphatic carbocycles. The second-order valence-electron chi connectivity index (χ2n) is 5.57. The summed E-state index contributed by atoms with van der Waals surface area (Å²) in [6, 6.07) is 8.40. The second kappa shape index (κ2) is 5.75. The van der Waals surface area contributed by atoms with Gasteiger partial charge in [0.1, 0.15) is 18.5 Å². The molecule has 100 valence electrons. The van der Waals surface area contributed by atoms with Crippen LogP contribution in [0.15, 0.2) is 24.3 Å². The lowest BCUT2D eigenvalue weighted by atomic mass is 9.79. The van der Waals surface area contributed by atoms with Gasteiger partial charge < -0.3 is 9.47 Å². The van der Waals surface area contributed by atoms with Gasteiger partial charge in [-0.3, -0.25) is 0 Å². The lowest BCUT2D eigenvalue weighted by molar-refractivity contribution is 0.252. The highest BCUT2D eigenvalue weighted by atomic mass is 16.6. The highest BCUT2D eigenvalue weighted by Crippen LogP contribution is 2.33. The predicted octanol–water partition coefficient (Wildman–Crippen LogP) is 3.83. The van der Waals surface area contributed by atoms with E-state index in [9.17, 15) is 0 Å². The van der Waals surface area contributed by atoms with Crippen LogP contribution in [0, 0.1) is 5.41 Å². The first kappa shape index (κ1) is 13.4. The number of rotatable bonds is 7. The molecule has 1 aromatic carbocycles. The summed E-state index contributed by atoms with van der Waals surface area (Å²) in [4.78, 5) is 0. The Kier molecular flexibility index (Phi) is 4.28. The summed E-state index contributed by atoms with van der Waals surface area (Å²) >= 11 is 0. The highest BCUT2D eigenvalue weighted by molar-refractivity contribution is 5.34. The standard InChI is InChI=1S/C16H24O2/c1-4-16(3,5-2)10-13-8-6-7-9-15(13)18-12-14-11-17-14/h6-9,14H,4-5,10-12H2,1-3H3. The maximum Gasteiger partial charge on any atom is 0.122 e. The van der Waals surface area contributed by atoms with Crippen LogP contribution in [0.2, 0.25) is 0 Å². The summed E-state index contributed by atoms with van der Waals surface area (Å²) < 4.78 is 11.1. The van der Waals surface area contributed by atoms with E-state index < -0.39 is 0 Å². The van der Waals surface area contributed by atoms with Crippen LogP contribution < -0.4 is 4.74 Å². The van der Waals surface area contributed by atoms with Crippen molar-refractivity contribution in [2.75, 3.05) is 13.2 Å². The van der Waals surface area contributed by atoms with Crippen molar-refractivity contribution in [3.63, 3.8) is 0 Å². The van der Waals surface area contributed by atoms with Gasteiger partial charge >= 0.3 is 0 Å². The zero-order valence-electron chi connectivity index (χ0n) is 11.7. The van der Waals surface area contributed by atoms with E-state index in [1.807, 2.05) is 6.07 Å². The predicted molar refractivity (Wildman–Crippen MR) is 74.1 cm³/mol. The van der Waals surface area contributed by atoms with E-state index in [-0.39, 0.29) is 0 Å². The minimum atomic E-state index is 0.321. The normalized spacial score (nSPS) is 18.7. The Morgan fingerprint density at radius 3 is 2.56 bits per heavy atom. The first-order valence-electron chi connectivity index (χ1n) is 6.99. The van der Waals surface area contributed by atoms with E-state index >= 15 is 0 Å². The molecule has 0 spiro atoms. The molecule has 1 fully saturated rings. The molecule has 18 heavy (non-hydrogen) atoms. The number of ether oxygens (including phenoxy) is 2. The van der Waals surface area contributed by atoms with E-state index in [2.05, 4.69) is 39.0 Å². The Hall–Kier alpha value is -1.02. The molecule has 0 bridgehead atoms. The van der Waals surface area contributed by atoms with E-state index in [0.717, 1.165) is 18.8 Å². The van der Waals surface area contributed by atoms with E-state index in [4.69, 9.17) is 9.47 Å². The first-order chi connectivity index (χ1) is 8.67. The lowest BCUT2D eigenvalue weighted by Crippen LogP contribution is -2.18. The van der Waals surface area contributed by atoms with Crippen LogP contribution in [0.1, 0.15) is 39.2 Å². The maximum absolute atomic E-state index is 5.87. The largest absolute Gasteiger partial charge is 0.491 e. The molecule has 0 saturated carbocycles. The summed E-state index contributed by atoms with van der Waals surface area (Å²) in [5.74, 6) is 1.03. The highest BCUT2D eigenvalue weighted by Gasteiger charge is 2.25. The zero-order valence-corrected chi connectivity index (χ0v) is 11.7. The summed E-state index contributed by atoms with van der Waals surface area (Å²) in [7, 11) is 0. The quantitative estimate of drug-likeness (QED) is 0.684. The molecule has 0 radical (unpaired) electrons. The van der Waals surface area contributed by atoms with Gasteiger partial charge in [-0.15, -0.1) is 0 Å². The molecule has 1 atom stereocenters. The van der Waals surface area contributed by atoms with Gasteiger partial charge in [-0.1, -0.05) is 51.8 Å². The first-order valence-corrected chi connectivity index (χ1v) is 6.99. The molecule has 1 aliphatic rings. The van der Waals surface area contributed by atoms with Gasteiger partial charge in [0.15, 0.2) is 0 Å². The molecule has 0 amide bonds. The number of epoxide rings is 1. The molecule has 1 heterocycles. The van der Waals surface area contributed by atoms with Crippen LogP contribution in [0.3, 0.4) is 0 Å². The van der Waals surface area contributed by atoms with Crippen molar-refractivity contribution in [2.45, 2.75) is 46.1 Å². The number of hydrogen-bond acceptors (Lipinski definition) is 2. The Bertz CT molecular complexity index is 378. The van der Waals surface area contributed by atoms with E-state index in [1.165, 1.54) is 18.4 Å². The molecular weight excluding hydrogens is 224 g/mol. The topological polar surface area (TPSA) is 21.8 Å². The SMILES string of the molecule is CCC(C)(CC)Cc1ccccc1OCC1CO1. The Morgan fingerprint density at radius 1 is 1.28 bits per heavy atom. The summed E-state index contributed by atoms with van der Waals surface area (Å²) in [6.07, 6.45) is 3.80.